The summed E-state index contributed by atoms with van der Waals surface area (Å²) in [5, 5.41) is 1.94. The summed E-state index contributed by atoms with van der Waals surface area (Å²) < 4.78 is 7.05. The molecule has 15 heavy (non-hydrogen) atoms. The maximum atomic E-state index is 6.10. The molecule has 0 saturated heterocycles. The number of ether oxygens (including phenoxy) is 1. The van der Waals surface area contributed by atoms with Crippen LogP contribution in [0, 0.1) is 0 Å². The minimum absolute atomic E-state index is 0.182. The van der Waals surface area contributed by atoms with Crippen LogP contribution in [0.2, 0.25) is 0 Å². The highest BCUT2D eigenvalue weighted by Crippen LogP contribution is 2.28. The SMILES string of the molecule is COc1csc(C(N)c2nccn2C)c1. The van der Waals surface area contributed by atoms with Gasteiger partial charge < -0.3 is 15.0 Å². The zero-order valence-corrected chi connectivity index (χ0v) is 9.49. The van der Waals surface area contributed by atoms with Crippen molar-refractivity contribution in [3.63, 3.8) is 0 Å². The van der Waals surface area contributed by atoms with E-state index in [0.29, 0.717) is 0 Å². The van der Waals surface area contributed by atoms with E-state index in [1.165, 1.54) is 0 Å². The highest BCUT2D eigenvalue weighted by molar-refractivity contribution is 7.10. The van der Waals surface area contributed by atoms with Crippen molar-refractivity contribution < 1.29 is 4.74 Å². The van der Waals surface area contributed by atoms with Crippen LogP contribution in [0.1, 0.15) is 16.7 Å². The van der Waals surface area contributed by atoms with Gasteiger partial charge in [0.05, 0.1) is 13.2 Å². The maximum absolute atomic E-state index is 6.10. The second-order valence-corrected chi connectivity index (χ2v) is 4.21. The molecule has 0 aliphatic heterocycles. The topological polar surface area (TPSA) is 53.1 Å². The van der Waals surface area contributed by atoms with Gasteiger partial charge in [0.2, 0.25) is 0 Å². The molecule has 80 valence electrons. The first kappa shape index (κ1) is 10.2. The lowest BCUT2D eigenvalue weighted by Crippen LogP contribution is -2.15. The van der Waals surface area contributed by atoms with E-state index in [2.05, 4.69) is 4.98 Å². The summed E-state index contributed by atoms with van der Waals surface area (Å²) in [6, 6.07) is 1.77. The Morgan fingerprint density at radius 2 is 2.40 bits per heavy atom. The Kier molecular flexibility index (Phi) is 2.75. The number of aryl methyl sites for hydroxylation is 1. The molecule has 0 aliphatic rings. The maximum Gasteiger partial charge on any atom is 0.130 e. The number of hydrogen-bond acceptors (Lipinski definition) is 4. The van der Waals surface area contributed by atoms with Gasteiger partial charge in [0, 0.05) is 29.7 Å². The molecule has 5 heteroatoms. The van der Waals surface area contributed by atoms with Crippen LogP contribution in [0.15, 0.2) is 23.8 Å². The molecule has 0 amide bonds. The lowest BCUT2D eigenvalue weighted by molar-refractivity contribution is 0.416. The Bertz CT molecular complexity index is 449. The lowest BCUT2D eigenvalue weighted by atomic mass is 10.2. The molecule has 0 spiro atoms. The monoisotopic (exact) mass is 223 g/mol. The molecule has 0 bridgehead atoms. The molecule has 1 unspecified atom stereocenters. The molecular formula is C10H13N3OS. The van der Waals surface area contributed by atoms with Crippen molar-refractivity contribution in [1.29, 1.82) is 0 Å². The van der Waals surface area contributed by atoms with Gasteiger partial charge in [-0.05, 0) is 6.07 Å². The third kappa shape index (κ3) is 1.88. The number of nitrogens with two attached hydrogens (primary N) is 1. The Hall–Kier alpha value is -1.33. The van der Waals surface area contributed by atoms with Gasteiger partial charge in [-0.15, -0.1) is 11.3 Å². The van der Waals surface area contributed by atoms with Gasteiger partial charge in [-0.25, -0.2) is 4.98 Å². The number of thiophene rings is 1. The van der Waals surface area contributed by atoms with Crippen molar-refractivity contribution in [2.75, 3.05) is 7.11 Å². The minimum atomic E-state index is -0.182. The second-order valence-electron chi connectivity index (χ2n) is 3.26. The average Bonchev–Trinajstić information content (AvgIpc) is 2.84. The zero-order chi connectivity index (χ0) is 10.8. The van der Waals surface area contributed by atoms with Gasteiger partial charge in [-0.2, -0.15) is 0 Å². The summed E-state index contributed by atoms with van der Waals surface area (Å²) in [5.41, 5.74) is 6.10. The quantitative estimate of drug-likeness (QED) is 0.858. The molecular weight excluding hydrogens is 210 g/mol. The Morgan fingerprint density at radius 1 is 1.60 bits per heavy atom. The fourth-order valence-electron chi connectivity index (χ4n) is 1.41. The molecule has 0 saturated carbocycles. The van der Waals surface area contributed by atoms with Crippen LogP contribution in [0.25, 0.3) is 0 Å². The van der Waals surface area contributed by atoms with E-state index in [0.717, 1.165) is 16.5 Å². The van der Waals surface area contributed by atoms with Crippen molar-refractivity contribution in [3.05, 3.63) is 34.5 Å². The zero-order valence-electron chi connectivity index (χ0n) is 8.68. The number of methoxy groups -OCH3 is 1. The van der Waals surface area contributed by atoms with Crippen molar-refractivity contribution in [1.82, 2.24) is 9.55 Å². The molecule has 0 fully saturated rings. The highest BCUT2D eigenvalue weighted by Gasteiger charge is 2.15. The fraction of sp³-hybridized carbons (Fsp3) is 0.300. The lowest BCUT2D eigenvalue weighted by Gasteiger charge is -2.08. The first-order valence-corrected chi connectivity index (χ1v) is 5.45. The van der Waals surface area contributed by atoms with Crippen LogP contribution in [0.4, 0.5) is 0 Å². The van der Waals surface area contributed by atoms with Crippen LogP contribution in [-0.2, 0) is 7.05 Å². The molecule has 4 nitrogen and oxygen atoms in total. The van der Waals surface area contributed by atoms with E-state index in [4.69, 9.17) is 10.5 Å². The Morgan fingerprint density at radius 3 is 2.93 bits per heavy atom. The predicted octanol–water partition coefficient (Wildman–Crippen LogP) is 1.54. The summed E-state index contributed by atoms with van der Waals surface area (Å²) in [4.78, 5) is 5.29. The van der Waals surface area contributed by atoms with Gasteiger partial charge in [0.1, 0.15) is 11.6 Å². The number of imidazole rings is 1. The summed E-state index contributed by atoms with van der Waals surface area (Å²) in [6.07, 6.45) is 3.64. The van der Waals surface area contributed by atoms with Gasteiger partial charge in [0.25, 0.3) is 0 Å². The first-order valence-electron chi connectivity index (χ1n) is 4.57. The van der Waals surface area contributed by atoms with Crippen LogP contribution in [0.3, 0.4) is 0 Å². The molecule has 2 rings (SSSR count). The highest BCUT2D eigenvalue weighted by atomic mass is 32.1. The van der Waals surface area contributed by atoms with E-state index in [1.54, 1.807) is 24.6 Å². The van der Waals surface area contributed by atoms with Crippen LogP contribution >= 0.6 is 11.3 Å². The van der Waals surface area contributed by atoms with E-state index in [9.17, 15) is 0 Å². The van der Waals surface area contributed by atoms with Crippen molar-refractivity contribution in [2.45, 2.75) is 6.04 Å². The average molecular weight is 223 g/mol. The van der Waals surface area contributed by atoms with E-state index < -0.39 is 0 Å². The molecule has 2 heterocycles. The van der Waals surface area contributed by atoms with Crippen molar-refractivity contribution in [2.24, 2.45) is 12.8 Å². The molecule has 2 aromatic rings. The van der Waals surface area contributed by atoms with Gasteiger partial charge >= 0.3 is 0 Å². The van der Waals surface area contributed by atoms with Gasteiger partial charge in [-0.1, -0.05) is 0 Å². The van der Waals surface area contributed by atoms with Gasteiger partial charge in [-0.3, -0.25) is 0 Å². The fourth-order valence-corrected chi connectivity index (χ4v) is 2.26. The van der Waals surface area contributed by atoms with E-state index >= 15 is 0 Å². The summed E-state index contributed by atoms with van der Waals surface area (Å²) in [6.45, 7) is 0. The number of hydrogen-bond donors (Lipinski definition) is 1. The first-order chi connectivity index (χ1) is 7.22. The molecule has 2 N–H and O–H groups in total. The van der Waals surface area contributed by atoms with E-state index in [1.807, 2.05) is 29.3 Å². The molecule has 1 atom stereocenters. The minimum Gasteiger partial charge on any atom is -0.496 e. The number of rotatable bonds is 3. The number of aromatic nitrogens is 2. The molecule has 0 aliphatic carbocycles. The van der Waals surface area contributed by atoms with Crippen molar-refractivity contribution in [3.8, 4) is 5.75 Å². The number of nitrogens with zero attached hydrogens (tertiary/aromatic N) is 2. The predicted molar refractivity (Wildman–Crippen MR) is 60.1 cm³/mol. The summed E-state index contributed by atoms with van der Waals surface area (Å²) in [7, 11) is 3.59. The summed E-state index contributed by atoms with van der Waals surface area (Å²) >= 11 is 1.59. The van der Waals surface area contributed by atoms with Crippen LogP contribution in [0.5, 0.6) is 5.75 Å². The van der Waals surface area contributed by atoms with Gasteiger partial charge in [0.15, 0.2) is 0 Å². The molecule has 0 aromatic carbocycles. The summed E-state index contributed by atoms with van der Waals surface area (Å²) in [5.74, 6) is 1.71. The van der Waals surface area contributed by atoms with Crippen LogP contribution < -0.4 is 10.5 Å². The van der Waals surface area contributed by atoms with E-state index in [-0.39, 0.29) is 6.04 Å². The smallest absolute Gasteiger partial charge is 0.130 e. The third-order valence-corrected chi connectivity index (χ3v) is 3.27. The largest absolute Gasteiger partial charge is 0.496 e. The Labute approximate surface area is 92.3 Å². The Balaban J connectivity index is 2.28. The molecule has 0 radical (unpaired) electrons. The van der Waals surface area contributed by atoms with Crippen molar-refractivity contribution >= 4 is 11.3 Å². The standard InChI is InChI=1S/C10H13N3OS/c1-13-4-3-12-10(13)9(11)8-5-7(14-2)6-15-8/h3-6,9H,11H2,1-2H3. The molecule has 2 aromatic heterocycles. The third-order valence-electron chi connectivity index (χ3n) is 2.27. The van der Waals surface area contributed by atoms with Crippen LogP contribution in [-0.4, -0.2) is 16.7 Å². The second kappa shape index (κ2) is 4.04. The normalized spacial score (nSPS) is 12.7.